The van der Waals surface area contributed by atoms with Crippen molar-refractivity contribution in [3.8, 4) is 0 Å². The largest absolute Gasteiger partial charge is 0.465 e. The van der Waals surface area contributed by atoms with Crippen LogP contribution in [0.25, 0.3) is 0 Å². The minimum absolute atomic E-state index is 0.0203. The number of amides is 3. The molecule has 156 valence electrons. The Morgan fingerprint density at radius 1 is 1.10 bits per heavy atom. The summed E-state index contributed by atoms with van der Waals surface area (Å²) in [6, 6.07) is 5.87. The van der Waals surface area contributed by atoms with Gasteiger partial charge in [-0.15, -0.1) is 0 Å². The van der Waals surface area contributed by atoms with Crippen LogP contribution in [-0.4, -0.2) is 60.8 Å². The number of ether oxygens (including phenoxy) is 3. The van der Waals surface area contributed by atoms with E-state index < -0.39 is 35.5 Å². The first-order valence-electron chi connectivity index (χ1n) is 8.70. The highest BCUT2D eigenvalue weighted by molar-refractivity contribution is 6.30. The summed E-state index contributed by atoms with van der Waals surface area (Å²) >= 11 is 0. The van der Waals surface area contributed by atoms with Crippen molar-refractivity contribution in [3.63, 3.8) is 0 Å². The van der Waals surface area contributed by atoms with Crippen LogP contribution in [0, 0.1) is 0 Å². The number of esters is 1. The molecule has 0 aliphatic carbocycles. The Morgan fingerprint density at radius 2 is 1.72 bits per heavy atom. The predicted molar refractivity (Wildman–Crippen MR) is 97.7 cm³/mol. The molecule has 2 rings (SSSR count). The molecule has 1 aromatic carbocycles. The van der Waals surface area contributed by atoms with Gasteiger partial charge in [0.1, 0.15) is 0 Å². The summed E-state index contributed by atoms with van der Waals surface area (Å²) in [6.45, 7) is 3.90. The first-order chi connectivity index (χ1) is 13.8. The number of para-hydroxylation sites is 1. The molecule has 11 nitrogen and oxygen atoms in total. The Morgan fingerprint density at radius 3 is 2.28 bits per heavy atom. The van der Waals surface area contributed by atoms with Gasteiger partial charge < -0.3 is 14.2 Å². The number of ketones is 1. The fraction of sp³-hybridized carbons (Fsp3) is 0.389. The molecule has 1 heterocycles. The summed E-state index contributed by atoms with van der Waals surface area (Å²) in [4.78, 5) is 64.4. The summed E-state index contributed by atoms with van der Waals surface area (Å²) in [7, 11) is 0.979. The van der Waals surface area contributed by atoms with Gasteiger partial charge in [-0.1, -0.05) is 12.1 Å². The molecule has 3 amide bonds. The molecule has 0 aromatic heterocycles. The molecule has 0 radical (unpaired) electrons. The lowest BCUT2D eigenvalue weighted by Crippen LogP contribution is -2.74. The van der Waals surface area contributed by atoms with Crippen molar-refractivity contribution in [3.05, 3.63) is 29.8 Å². The van der Waals surface area contributed by atoms with Crippen molar-refractivity contribution in [2.75, 3.05) is 25.2 Å². The summed E-state index contributed by atoms with van der Waals surface area (Å²) in [5.41, 5.74) is -0.614. The molecule has 29 heavy (non-hydrogen) atoms. The second-order valence-corrected chi connectivity index (χ2v) is 5.73. The van der Waals surface area contributed by atoms with E-state index in [-0.39, 0.29) is 24.5 Å². The fourth-order valence-corrected chi connectivity index (χ4v) is 3.04. The van der Waals surface area contributed by atoms with E-state index in [0.29, 0.717) is 5.01 Å². The van der Waals surface area contributed by atoms with E-state index in [4.69, 9.17) is 14.2 Å². The van der Waals surface area contributed by atoms with Crippen molar-refractivity contribution in [1.29, 1.82) is 0 Å². The van der Waals surface area contributed by atoms with Crippen LogP contribution in [0.3, 0.4) is 0 Å². The number of methoxy groups -OCH3 is 1. The highest BCUT2D eigenvalue weighted by atomic mass is 16.6. The van der Waals surface area contributed by atoms with Crippen molar-refractivity contribution < 1.29 is 38.2 Å². The van der Waals surface area contributed by atoms with Gasteiger partial charge in [0.15, 0.2) is 0 Å². The first-order valence-corrected chi connectivity index (χ1v) is 8.70. The molecule has 0 bridgehead atoms. The first kappa shape index (κ1) is 21.7. The fourth-order valence-electron chi connectivity index (χ4n) is 3.04. The lowest BCUT2D eigenvalue weighted by atomic mass is 10.0. The number of hydrogen-bond acceptors (Lipinski definition) is 8. The van der Waals surface area contributed by atoms with Crippen LogP contribution >= 0.6 is 0 Å². The maximum absolute atomic E-state index is 13.4. The molecular formula is C18H21N3O8. The van der Waals surface area contributed by atoms with Gasteiger partial charge in [-0.05, 0) is 26.0 Å². The lowest BCUT2D eigenvalue weighted by molar-refractivity contribution is -0.153. The molecule has 1 aliphatic rings. The van der Waals surface area contributed by atoms with Gasteiger partial charge in [0.05, 0.1) is 26.0 Å². The van der Waals surface area contributed by atoms with E-state index in [0.717, 1.165) is 18.9 Å². The third-order valence-corrected chi connectivity index (χ3v) is 4.07. The molecular weight excluding hydrogens is 386 g/mol. The van der Waals surface area contributed by atoms with E-state index in [2.05, 4.69) is 0 Å². The van der Waals surface area contributed by atoms with Gasteiger partial charge >= 0.3 is 23.8 Å². The minimum Gasteiger partial charge on any atom is -0.465 e. The standard InChI is InChI=1S/C18H21N3O8/c1-5-28-16(25)19-21(17(26)29-6-2)18(15(24)27-4)14(23)12-9-7-8-10-13(12)20(18)11(3)22/h7-10H,5-6H2,1-4H3,(H,19,25)/t18-/m1/s1. The van der Waals surface area contributed by atoms with Gasteiger partial charge in [0.25, 0.3) is 0 Å². The van der Waals surface area contributed by atoms with Crippen molar-refractivity contribution in [2.24, 2.45) is 0 Å². The van der Waals surface area contributed by atoms with E-state index >= 15 is 0 Å². The van der Waals surface area contributed by atoms with Crippen LogP contribution in [0.5, 0.6) is 0 Å². The zero-order valence-corrected chi connectivity index (χ0v) is 16.4. The van der Waals surface area contributed by atoms with Crippen molar-refractivity contribution >= 4 is 35.5 Å². The summed E-state index contributed by atoms with van der Waals surface area (Å²) in [6.07, 6.45) is -2.41. The van der Waals surface area contributed by atoms with Gasteiger partial charge in [0, 0.05) is 12.5 Å². The molecule has 0 saturated heterocycles. The zero-order valence-electron chi connectivity index (χ0n) is 16.4. The van der Waals surface area contributed by atoms with Crippen LogP contribution in [0.4, 0.5) is 15.3 Å². The average Bonchev–Trinajstić information content (AvgIpc) is 2.95. The number of anilines is 1. The quantitative estimate of drug-likeness (QED) is 0.341. The predicted octanol–water partition coefficient (Wildman–Crippen LogP) is 1.22. The van der Waals surface area contributed by atoms with E-state index in [1.807, 2.05) is 5.43 Å². The monoisotopic (exact) mass is 407 g/mol. The smallest absolute Gasteiger partial charge is 0.431 e. The van der Waals surface area contributed by atoms with E-state index in [9.17, 15) is 24.0 Å². The van der Waals surface area contributed by atoms with Gasteiger partial charge in [-0.25, -0.2) is 19.8 Å². The molecule has 1 atom stereocenters. The third-order valence-electron chi connectivity index (χ3n) is 4.07. The molecule has 1 aromatic rings. The van der Waals surface area contributed by atoms with Crippen molar-refractivity contribution in [2.45, 2.75) is 26.4 Å². The van der Waals surface area contributed by atoms with Crippen LogP contribution in [0.15, 0.2) is 24.3 Å². The van der Waals surface area contributed by atoms with Crippen LogP contribution in [0.2, 0.25) is 0 Å². The highest BCUT2D eigenvalue weighted by Crippen LogP contribution is 2.41. The van der Waals surface area contributed by atoms with E-state index in [1.54, 1.807) is 6.07 Å². The molecule has 1 aliphatic heterocycles. The second kappa shape index (κ2) is 8.59. The molecule has 0 unspecified atom stereocenters. The topological polar surface area (TPSA) is 132 Å². The van der Waals surface area contributed by atoms with E-state index in [1.165, 1.54) is 32.0 Å². The molecule has 1 N–H and O–H groups in total. The number of fused-ring (bicyclic) bond motifs is 1. The SMILES string of the molecule is CCOC(=O)NN(C(=O)OCC)[C@@]1(C(=O)OC)C(=O)c2ccccc2N1C(C)=O. The average molecular weight is 407 g/mol. The minimum atomic E-state index is -2.69. The Labute approximate surface area is 166 Å². The molecule has 0 saturated carbocycles. The highest BCUT2D eigenvalue weighted by Gasteiger charge is 2.66. The number of nitrogens with one attached hydrogen (secondary N) is 1. The number of carbonyl (C=O) groups is 5. The van der Waals surface area contributed by atoms with Crippen LogP contribution in [-0.2, 0) is 23.8 Å². The Bertz CT molecular complexity index is 855. The van der Waals surface area contributed by atoms with Crippen LogP contribution in [0.1, 0.15) is 31.1 Å². The third kappa shape index (κ3) is 3.46. The summed E-state index contributed by atoms with van der Waals surface area (Å²) < 4.78 is 14.4. The van der Waals surface area contributed by atoms with Crippen molar-refractivity contribution in [1.82, 2.24) is 10.4 Å². The Hall–Kier alpha value is -3.63. The Kier molecular flexibility index (Phi) is 6.42. The van der Waals surface area contributed by atoms with Gasteiger partial charge in [-0.2, -0.15) is 5.01 Å². The zero-order chi connectivity index (χ0) is 21.8. The van der Waals surface area contributed by atoms with Gasteiger partial charge in [-0.3, -0.25) is 14.5 Å². The normalized spacial score (nSPS) is 17.2. The maximum Gasteiger partial charge on any atom is 0.431 e. The maximum atomic E-state index is 13.4. The summed E-state index contributed by atoms with van der Waals surface area (Å²) in [5, 5.41) is 0.323. The lowest BCUT2D eigenvalue weighted by Gasteiger charge is -2.40. The van der Waals surface area contributed by atoms with Crippen LogP contribution < -0.4 is 10.3 Å². The summed E-state index contributed by atoms with van der Waals surface area (Å²) in [5.74, 6) is -2.99. The number of carbonyl (C=O) groups excluding carboxylic acids is 5. The number of Topliss-reactive ketones (excluding diaryl/α,β-unsaturated/α-hetero) is 1. The number of hydrazine groups is 1. The van der Waals surface area contributed by atoms with Gasteiger partial charge in [0.2, 0.25) is 11.7 Å². The number of benzene rings is 1. The number of hydrogen-bond donors (Lipinski definition) is 1. The molecule has 11 heteroatoms. The number of rotatable bonds is 4. The Balaban J connectivity index is 2.78. The second-order valence-electron chi connectivity index (χ2n) is 5.73. The number of nitrogens with zero attached hydrogens (tertiary/aromatic N) is 2. The molecule has 0 spiro atoms. The molecule has 0 fully saturated rings.